The van der Waals surface area contributed by atoms with Crippen molar-refractivity contribution in [3.8, 4) is 0 Å². The molecular weight excluding hydrogens is 557 g/mol. The number of anilines is 1. The Morgan fingerprint density at radius 1 is 0.762 bits per heavy atom. The Balaban J connectivity index is 0.000000531. The van der Waals surface area contributed by atoms with Crippen LogP contribution in [0.2, 0.25) is 0 Å². The van der Waals surface area contributed by atoms with Gasteiger partial charge in [-0.1, -0.05) is 36.4 Å². The molecule has 4 rings (SSSR count). The molecule has 2 fully saturated rings. The van der Waals surface area contributed by atoms with Gasteiger partial charge in [0.05, 0.1) is 5.56 Å². The summed E-state index contributed by atoms with van der Waals surface area (Å²) in [4.78, 5) is 39.9. The Labute approximate surface area is 242 Å². The summed E-state index contributed by atoms with van der Waals surface area (Å²) in [5, 5.41) is 15.6. The zero-order valence-corrected chi connectivity index (χ0v) is 23.1. The minimum absolute atomic E-state index is 0.269. The molecule has 2 aromatic rings. The first-order chi connectivity index (χ1) is 20.0. The molecule has 2 aliphatic heterocycles. The van der Waals surface area contributed by atoms with Gasteiger partial charge in [0.2, 0.25) is 0 Å². The summed E-state index contributed by atoms with van der Waals surface area (Å²) in [6.45, 7) is 8.09. The standard InChI is InChI=1S/C25H31F3N4O2.C4H4O4/c26-25(27,28)22-7-4-8-23(19-22)31-15-11-29(12-16-31)9-10-30-13-17-32(18-14-30)24(33)34-20-21-5-2-1-3-6-21;5-3(6)1-2-4(7)8/h1-8,19H,9-18,20H2;1-2H,(H,5,6)(H,7,8). The van der Waals surface area contributed by atoms with Gasteiger partial charge in [-0.15, -0.1) is 0 Å². The number of aliphatic carboxylic acids is 2. The first-order valence-electron chi connectivity index (χ1n) is 13.5. The van der Waals surface area contributed by atoms with E-state index in [-0.39, 0.29) is 12.7 Å². The molecule has 228 valence electrons. The molecule has 0 radical (unpaired) electrons. The number of benzene rings is 2. The van der Waals surface area contributed by atoms with Crippen molar-refractivity contribution >= 4 is 23.7 Å². The van der Waals surface area contributed by atoms with Crippen LogP contribution in [-0.2, 0) is 27.1 Å². The van der Waals surface area contributed by atoms with Crippen LogP contribution < -0.4 is 4.90 Å². The minimum atomic E-state index is -4.32. The number of piperazine rings is 2. The van der Waals surface area contributed by atoms with Gasteiger partial charge in [0.25, 0.3) is 0 Å². The number of carbonyl (C=O) groups is 3. The summed E-state index contributed by atoms with van der Waals surface area (Å²) in [6, 6.07) is 15.2. The van der Waals surface area contributed by atoms with Crippen molar-refractivity contribution in [1.82, 2.24) is 14.7 Å². The highest BCUT2D eigenvalue weighted by atomic mass is 19.4. The molecule has 2 N–H and O–H groups in total. The highest BCUT2D eigenvalue weighted by Crippen LogP contribution is 2.31. The van der Waals surface area contributed by atoms with Gasteiger partial charge in [-0.25, -0.2) is 14.4 Å². The van der Waals surface area contributed by atoms with Crippen molar-refractivity contribution in [2.24, 2.45) is 0 Å². The molecule has 0 spiro atoms. The fourth-order valence-electron chi connectivity index (χ4n) is 4.50. The molecule has 2 aliphatic rings. The number of carbonyl (C=O) groups excluding carboxylic acids is 1. The second-order valence-electron chi connectivity index (χ2n) is 9.76. The van der Waals surface area contributed by atoms with Crippen molar-refractivity contribution < 1.29 is 42.5 Å². The number of halogens is 3. The van der Waals surface area contributed by atoms with E-state index in [0.29, 0.717) is 44.0 Å². The van der Waals surface area contributed by atoms with Gasteiger partial charge in [-0.3, -0.25) is 9.80 Å². The molecular formula is C29H35F3N4O6. The Kier molecular flexibility index (Phi) is 12.2. The van der Waals surface area contributed by atoms with Crippen molar-refractivity contribution in [3.05, 3.63) is 77.9 Å². The van der Waals surface area contributed by atoms with Gasteiger partial charge in [0.1, 0.15) is 6.61 Å². The predicted molar refractivity (Wildman–Crippen MR) is 149 cm³/mol. The van der Waals surface area contributed by atoms with Crippen molar-refractivity contribution in [2.75, 3.05) is 70.3 Å². The lowest BCUT2D eigenvalue weighted by molar-refractivity contribution is -0.137. The third-order valence-corrected chi connectivity index (χ3v) is 6.85. The summed E-state index contributed by atoms with van der Waals surface area (Å²) in [5.41, 5.74) is 1.00. The average molecular weight is 593 g/mol. The third-order valence-electron chi connectivity index (χ3n) is 6.85. The van der Waals surface area contributed by atoms with Gasteiger partial charge in [0.15, 0.2) is 0 Å². The third kappa shape index (κ3) is 11.1. The fourth-order valence-corrected chi connectivity index (χ4v) is 4.50. The smallest absolute Gasteiger partial charge is 0.416 e. The molecule has 2 aromatic carbocycles. The first kappa shape index (κ1) is 32.4. The maximum Gasteiger partial charge on any atom is 0.416 e. The van der Waals surface area contributed by atoms with Gasteiger partial charge in [0, 0.05) is 83.3 Å². The van der Waals surface area contributed by atoms with E-state index in [9.17, 15) is 27.6 Å². The Hall–Kier alpha value is -4.10. The number of amides is 1. The van der Waals surface area contributed by atoms with Crippen LogP contribution in [0.15, 0.2) is 66.7 Å². The van der Waals surface area contributed by atoms with E-state index in [1.54, 1.807) is 11.0 Å². The number of carboxylic acid groups (broad SMARTS) is 2. The summed E-state index contributed by atoms with van der Waals surface area (Å²) in [7, 11) is 0. The Morgan fingerprint density at radius 2 is 1.31 bits per heavy atom. The molecule has 2 heterocycles. The molecule has 2 saturated heterocycles. The Morgan fingerprint density at radius 3 is 1.83 bits per heavy atom. The number of alkyl halides is 3. The number of hydrogen-bond acceptors (Lipinski definition) is 7. The van der Waals surface area contributed by atoms with Crippen LogP contribution in [-0.4, -0.2) is 108 Å². The number of nitrogens with zero attached hydrogens (tertiary/aromatic N) is 4. The van der Waals surface area contributed by atoms with Gasteiger partial charge < -0.3 is 24.7 Å². The lowest BCUT2D eigenvalue weighted by Crippen LogP contribution is -2.52. The summed E-state index contributed by atoms with van der Waals surface area (Å²) >= 11 is 0. The largest absolute Gasteiger partial charge is 0.478 e. The minimum Gasteiger partial charge on any atom is -0.478 e. The van der Waals surface area contributed by atoms with Gasteiger partial charge in [-0.05, 0) is 23.8 Å². The van der Waals surface area contributed by atoms with Gasteiger partial charge >= 0.3 is 24.2 Å². The molecule has 13 heteroatoms. The molecule has 0 saturated carbocycles. The number of rotatable bonds is 8. The quantitative estimate of drug-likeness (QED) is 0.445. The topological polar surface area (TPSA) is 114 Å². The van der Waals surface area contributed by atoms with Crippen LogP contribution in [0.5, 0.6) is 0 Å². The highest BCUT2D eigenvalue weighted by Gasteiger charge is 2.31. The van der Waals surface area contributed by atoms with Gasteiger partial charge in [-0.2, -0.15) is 13.2 Å². The van der Waals surface area contributed by atoms with E-state index in [2.05, 4.69) is 9.80 Å². The summed E-state index contributed by atoms with van der Waals surface area (Å²) < 4.78 is 44.4. The number of hydrogen-bond donors (Lipinski definition) is 2. The average Bonchev–Trinajstić information content (AvgIpc) is 2.99. The molecule has 42 heavy (non-hydrogen) atoms. The lowest BCUT2D eigenvalue weighted by atomic mass is 10.1. The van der Waals surface area contributed by atoms with E-state index in [4.69, 9.17) is 14.9 Å². The molecule has 0 aromatic heterocycles. The maximum absolute atomic E-state index is 13.0. The normalized spacial score (nSPS) is 16.5. The van der Waals surface area contributed by atoms with Crippen LogP contribution in [0.3, 0.4) is 0 Å². The molecule has 0 bridgehead atoms. The second kappa shape index (κ2) is 15.8. The fraction of sp³-hybridized carbons (Fsp3) is 0.414. The molecule has 0 aliphatic carbocycles. The lowest BCUT2D eigenvalue weighted by Gasteiger charge is -2.38. The van der Waals surface area contributed by atoms with E-state index in [1.165, 1.54) is 12.1 Å². The van der Waals surface area contributed by atoms with E-state index in [1.807, 2.05) is 35.2 Å². The van der Waals surface area contributed by atoms with Crippen LogP contribution in [0.4, 0.5) is 23.7 Å². The highest BCUT2D eigenvalue weighted by molar-refractivity contribution is 5.89. The zero-order chi connectivity index (χ0) is 30.5. The maximum atomic E-state index is 13.0. The van der Waals surface area contributed by atoms with Crippen molar-refractivity contribution in [3.63, 3.8) is 0 Å². The van der Waals surface area contributed by atoms with E-state index < -0.39 is 23.7 Å². The van der Waals surface area contributed by atoms with Crippen LogP contribution >= 0.6 is 0 Å². The second-order valence-corrected chi connectivity index (χ2v) is 9.76. The number of ether oxygens (including phenoxy) is 1. The molecule has 1 amide bonds. The van der Waals surface area contributed by atoms with E-state index >= 15 is 0 Å². The predicted octanol–water partition coefficient (Wildman–Crippen LogP) is 3.49. The zero-order valence-electron chi connectivity index (χ0n) is 23.1. The molecule has 10 nitrogen and oxygen atoms in total. The summed E-state index contributed by atoms with van der Waals surface area (Å²) in [6.07, 6.45) is -3.47. The first-order valence-corrected chi connectivity index (χ1v) is 13.5. The van der Waals surface area contributed by atoms with Crippen LogP contribution in [0.25, 0.3) is 0 Å². The number of carboxylic acids is 2. The van der Waals surface area contributed by atoms with Crippen LogP contribution in [0.1, 0.15) is 11.1 Å². The molecule has 0 unspecified atom stereocenters. The monoisotopic (exact) mass is 592 g/mol. The summed E-state index contributed by atoms with van der Waals surface area (Å²) in [5.74, 6) is -2.51. The Bertz CT molecular complexity index is 1180. The SMILES string of the molecule is O=C(O)C=CC(=O)O.O=C(OCc1ccccc1)N1CCN(CCN2CCN(c3cccc(C(F)(F)F)c3)CC2)CC1. The van der Waals surface area contributed by atoms with Crippen molar-refractivity contribution in [1.29, 1.82) is 0 Å². The van der Waals surface area contributed by atoms with E-state index in [0.717, 1.165) is 50.9 Å². The van der Waals surface area contributed by atoms with Crippen molar-refractivity contribution in [2.45, 2.75) is 12.8 Å². The molecule has 0 atom stereocenters. The van der Waals surface area contributed by atoms with Crippen LogP contribution in [0, 0.1) is 0 Å².